The lowest BCUT2D eigenvalue weighted by Gasteiger charge is -2.41. The van der Waals surface area contributed by atoms with Gasteiger partial charge >= 0.3 is 12.2 Å². The number of piperidine rings is 6. The van der Waals surface area contributed by atoms with E-state index in [1.165, 1.54) is 25.9 Å². The van der Waals surface area contributed by atoms with Crippen molar-refractivity contribution >= 4 is 18.0 Å². The number of aliphatic hydroxyl groups is 4. The van der Waals surface area contributed by atoms with Crippen LogP contribution in [0.2, 0.25) is 0 Å². The Morgan fingerprint density at radius 1 is 0.518 bits per heavy atom. The van der Waals surface area contributed by atoms with Crippen molar-refractivity contribution in [1.29, 1.82) is 0 Å². The lowest BCUT2D eigenvalue weighted by atomic mass is 9.99. The molecule has 0 aromatic heterocycles. The van der Waals surface area contributed by atoms with Gasteiger partial charge in [0.2, 0.25) is 0 Å². The van der Waals surface area contributed by atoms with Crippen LogP contribution in [0.15, 0.2) is 0 Å². The van der Waals surface area contributed by atoms with E-state index in [0.717, 1.165) is 117 Å². The topological polar surface area (TPSA) is 188 Å². The SMILES string of the molecule is CC(C)(C)OC(=O)N1CCC(=O)CC1.CC(C)(C)OC(=O)N1CCC(N2CCC(O)CC2)CC1.CO.OC1CCN(C2CCNCC2)CC1.OC1CCNCC1. The lowest BCUT2D eigenvalue weighted by molar-refractivity contribution is -0.121. The number of ketones is 1. The second kappa shape index (κ2) is 26.1. The van der Waals surface area contributed by atoms with Crippen molar-refractivity contribution < 1.29 is 44.3 Å². The van der Waals surface area contributed by atoms with Crippen LogP contribution in [0, 0.1) is 0 Å². The second-order valence-electron chi connectivity index (χ2n) is 17.7. The highest BCUT2D eigenvalue weighted by Gasteiger charge is 2.31. The minimum absolute atomic E-state index is 0.0266. The standard InChI is InChI=1S/C15H28N2O3.C10H20N2O.C10H17NO3.C5H11NO.CH4O/c1-15(2,3)20-14(19)17-8-4-12(5-9-17)16-10-6-13(18)7-11-16;13-10-3-7-12(8-4-10)9-1-5-11-6-2-9;1-10(2,3)14-9(13)11-6-4-8(12)5-7-11;7-5-1-3-6-4-2-5;1-2/h12-13,18H,4-11H2,1-3H3;9-11,13H,1-8H2;4-7H2,1-3H3;5-7H,1-4H2;2H,1H3. The first kappa shape index (κ1) is 50.0. The zero-order valence-corrected chi connectivity index (χ0v) is 36.0. The van der Waals surface area contributed by atoms with Gasteiger partial charge in [0.1, 0.15) is 17.0 Å². The Morgan fingerprint density at radius 3 is 1.18 bits per heavy atom. The number of ether oxygens (including phenoxy) is 2. The molecule has 0 aliphatic carbocycles. The maximum atomic E-state index is 12.0. The fourth-order valence-corrected chi connectivity index (χ4v) is 7.49. The fraction of sp³-hybridized carbons (Fsp3) is 0.927. The Labute approximate surface area is 337 Å². The van der Waals surface area contributed by atoms with Gasteiger partial charge in [-0.2, -0.15) is 0 Å². The molecule has 328 valence electrons. The molecule has 6 fully saturated rings. The van der Waals surface area contributed by atoms with Crippen molar-refractivity contribution in [2.45, 2.75) is 160 Å². The Morgan fingerprint density at radius 2 is 0.839 bits per heavy atom. The number of amides is 2. The van der Waals surface area contributed by atoms with E-state index in [2.05, 4.69) is 20.4 Å². The zero-order valence-electron chi connectivity index (χ0n) is 36.0. The first-order chi connectivity index (χ1) is 26.5. The summed E-state index contributed by atoms with van der Waals surface area (Å²) in [7, 11) is 1.00. The summed E-state index contributed by atoms with van der Waals surface area (Å²) in [6, 6.07) is 1.34. The van der Waals surface area contributed by atoms with Gasteiger partial charge in [-0.3, -0.25) is 4.79 Å². The first-order valence-corrected chi connectivity index (χ1v) is 21.3. The number of hydrogen-bond acceptors (Lipinski definition) is 13. The molecule has 6 rings (SSSR count). The molecular weight excluding hydrogens is 720 g/mol. The van der Waals surface area contributed by atoms with Gasteiger partial charge < -0.3 is 60.1 Å². The Hall–Kier alpha value is -2.11. The molecule has 6 N–H and O–H groups in total. The van der Waals surface area contributed by atoms with Gasteiger partial charge in [0.05, 0.1) is 18.3 Å². The average Bonchev–Trinajstić information content (AvgIpc) is 3.17. The molecule has 6 aliphatic rings. The number of aliphatic hydroxyl groups excluding tert-OH is 4. The van der Waals surface area contributed by atoms with E-state index >= 15 is 0 Å². The molecule has 0 aromatic rings. The monoisotopic (exact) mass is 801 g/mol. The van der Waals surface area contributed by atoms with E-state index in [1.54, 1.807) is 4.90 Å². The van der Waals surface area contributed by atoms with Crippen molar-refractivity contribution in [3.05, 3.63) is 0 Å². The third-order valence-electron chi connectivity index (χ3n) is 10.7. The van der Waals surface area contributed by atoms with Gasteiger partial charge in [-0.15, -0.1) is 0 Å². The third-order valence-corrected chi connectivity index (χ3v) is 10.7. The molecule has 0 spiro atoms. The molecule has 0 atom stereocenters. The van der Waals surface area contributed by atoms with Gasteiger partial charge in [-0.25, -0.2) is 9.59 Å². The third kappa shape index (κ3) is 21.1. The molecule has 0 aromatic carbocycles. The molecule has 6 heterocycles. The maximum absolute atomic E-state index is 12.0. The number of rotatable bonds is 2. The number of likely N-dealkylation sites (tertiary alicyclic amines) is 4. The molecule has 56 heavy (non-hydrogen) atoms. The number of hydrogen-bond donors (Lipinski definition) is 6. The summed E-state index contributed by atoms with van der Waals surface area (Å²) in [5.74, 6) is 0.227. The fourth-order valence-electron chi connectivity index (χ4n) is 7.49. The number of carbonyl (C=O) groups excluding carboxylic acids is 3. The largest absolute Gasteiger partial charge is 0.444 e. The van der Waals surface area contributed by atoms with Crippen molar-refractivity contribution in [1.82, 2.24) is 30.2 Å². The van der Waals surface area contributed by atoms with Crippen molar-refractivity contribution in [3.8, 4) is 0 Å². The summed E-state index contributed by atoms with van der Waals surface area (Å²) >= 11 is 0. The van der Waals surface area contributed by atoms with Crippen LogP contribution in [0.5, 0.6) is 0 Å². The van der Waals surface area contributed by atoms with E-state index in [4.69, 9.17) is 19.7 Å². The highest BCUT2D eigenvalue weighted by molar-refractivity contribution is 5.81. The van der Waals surface area contributed by atoms with Crippen LogP contribution in [0.3, 0.4) is 0 Å². The van der Waals surface area contributed by atoms with Gasteiger partial charge in [-0.1, -0.05) is 0 Å². The Kier molecular flexibility index (Phi) is 23.3. The Bertz CT molecular complexity index is 1070. The second-order valence-corrected chi connectivity index (χ2v) is 17.7. The highest BCUT2D eigenvalue weighted by Crippen LogP contribution is 2.23. The minimum Gasteiger partial charge on any atom is -0.444 e. The van der Waals surface area contributed by atoms with E-state index in [0.29, 0.717) is 32.0 Å². The van der Waals surface area contributed by atoms with Crippen LogP contribution >= 0.6 is 0 Å². The first-order valence-electron chi connectivity index (χ1n) is 21.3. The van der Waals surface area contributed by atoms with Gasteiger partial charge in [0, 0.05) is 84.4 Å². The summed E-state index contributed by atoms with van der Waals surface area (Å²) in [6.45, 7) is 22.2. The summed E-state index contributed by atoms with van der Waals surface area (Å²) in [6.07, 6.45) is 10.4. The molecule has 2 amide bonds. The molecule has 6 saturated heterocycles. The van der Waals surface area contributed by atoms with Gasteiger partial charge in [0.15, 0.2) is 0 Å². The molecule has 6 aliphatic heterocycles. The number of carbonyl (C=O) groups is 3. The average molecular weight is 801 g/mol. The van der Waals surface area contributed by atoms with E-state index in [1.807, 2.05) is 46.4 Å². The molecule has 0 unspecified atom stereocenters. The summed E-state index contributed by atoms with van der Waals surface area (Å²) in [5.41, 5.74) is -0.879. The van der Waals surface area contributed by atoms with Gasteiger partial charge in [-0.05, 0) is 132 Å². The minimum atomic E-state index is -0.460. The van der Waals surface area contributed by atoms with Crippen molar-refractivity contribution in [2.24, 2.45) is 0 Å². The van der Waals surface area contributed by atoms with E-state index in [9.17, 15) is 24.6 Å². The van der Waals surface area contributed by atoms with Crippen LogP contribution in [0.1, 0.15) is 119 Å². The highest BCUT2D eigenvalue weighted by atomic mass is 16.6. The smallest absolute Gasteiger partial charge is 0.410 e. The zero-order chi connectivity index (χ0) is 41.7. The van der Waals surface area contributed by atoms with Crippen LogP contribution in [0.25, 0.3) is 0 Å². The molecule has 15 nitrogen and oxygen atoms in total. The molecule has 0 bridgehead atoms. The van der Waals surface area contributed by atoms with Crippen LogP contribution < -0.4 is 10.6 Å². The summed E-state index contributed by atoms with van der Waals surface area (Å²) < 4.78 is 10.6. The maximum Gasteiger partial charge on any atom is 0.410 e. The van der Waals surface area contributed by atoms with Crippen molar-refractivity contribution in [2.75, 3.05) is 85.6 Å². The van der Waals surface area contributed by atoms with E-state index < -0.39 is 11.2 Å². The lowest BCUT2D eigenvalue weighted by Crippen LogP contribution is -2.50. The molecule has 15 heteroatoms. The van der Waals surface area contributed by atoms with Crippen LogP contribution in [-0.2, 0) is 14.3 Å². The molecule has 0 radical (unpaired) electrons. The van der Waals surface area contributed by atoms with Crippen LogP contribution in [0.4, 0.5) is 9.59 Å². The molecule has 0 saturated carbocycles. The predicted molar refractivity (Wildman–Crippen MR) is 219 cm³/mol. The number of Topliss-reactive ketones (excluding diaryl/α,β-unsaturated/α-hetero) is 1. The molecular formula is C41H80N6O9. The number of nitrogens with zero attached hydrogens (tertiary/aromatic N) is 4. The van der Waals surface area contributed by atoms with Gasteiger partial charge in [0.25, 0.3) is 0 Å². The van der Waals surface area contributed by atoms with E-state index in [-0.39, 0.29) is 36.3 Å². The van der Waals surface area contributed by atoms with Crippen LogP contribution in [-0.4, -0.2) is 185 Å². The normalized spacial score (nSPS) is 23.2. The van der Waals surface area contributed by atoms with Crippen molar-refractivity contribution in [3.63, 3.8) is 0 Å². The predicted octanol–water partition coefficient (Wildman–Crippen LogP) is 2.96. The Balaban J connectivity index is 0.000000267. The number of nitrogens with one attached hydrogen (secondary N) is 2. The quantitative estimate of drug-likeness (QED) is 0.240. The summed E-state index contributed by atoms with van der Waals surface area (Å²) in [5, 5.41) is 41.3. The summed E-state index contributed by atoms with van der Waals surface area (Å²) in [4.78, 5) is 42.9.